The molecule has 14 heavy (non-hydrogen) atoms. The summed E-state index contributed by atoms with van der Waals surface area (Å²) in [5, 5.41) is 0. The van der Waals surface area contributed by atoms with E-state index in [1.54, 1.807) is 12.1 Å². The quantitative estimate of drug-likeness (QED) is 0.405. The molecule has 0 aliphatic rings. The van der Waals surface area contributed by atoms with E-state index < -0.39 is 0 Å². The SMILES string of the molecule is C/C=C/COCC(=O)c1ccccc1. The van der Waals surface area contributed by atoms with Gasteiger partial charge in [-0.15, -0.1) is 0 Å². The maximum absolute atomic E-state index is 11.5. The standard InChI is InChI=1S/C12H14O2/c1-2-3-9-14-10-12(13)11-7-5-4-6-8-11/h2-8H,9-10H2,1H3/b3-2+. The molecule has 0 unspecified atom stereocenters. The molecule has 0 atom stereocenters. The van der Waals surface area contributed by atoms with Crippen LogP contribution in [0.1, 0.15) is 17.3 Å². The number of ketones is 1. The van der Waals surface area contributed by atoms with E-state index >= 15 is 0 Å². The number of allylic oxidation sites excluding steroid dienone is 1. The van der Waals surface area contributed by atoms with Crippen LogP contribution in [-0.2, 0) is 4.74 Å². The van der Waals surface area contributed by atoms with Crippen LogP contribution in [0.25, 0.3) is 0 Å². The Balaban J connectivity index is 2.36. The minimum Gasteiger partial charge on any atom is -0.369 e. The van der Waals surface area contributed by atoms with Crippen molar-refractivity contribution >= 4 is 5.78 Å². The lowest BCUT2D eigenvalue weighted by atomic mass is 10.1. The molecule has 0 bridgehead atoms. The Morgan fingerprint density at radius 1 is 1.36 bits per heavy atom. The van der Waals surface area contributed by atoms with Gasteiger partial charge in [-0.25, -0.2) is 0 Å². The molecule has 1 aromatic carbocycles. The molecule has 2 heteroatoms. The van der Waals surface area contributed by atoms with Gasteiger partial charge in [-0.1, -0.05) is 42.5 Å². The number of ether oxygens (including phenoxy) is 1. The van der Waals surface area contributed by atoms with Gasteiger partial charge in [-0.2, -0.15) is 0 Å². The van der Waals surface area contributed by atoms with Crippen LogP contribution in [-0.4, -0.2) is 19.0 Å². The fraction of sp³-hybridized carbons (Fsp3) is 0.250. The maximum Gasteiger partial charge on any atom is 0.188 e. The lowest BCUT2D eigenvalue weighted by Crippen LogP contribution is -2.08. The molecular formula is C12H14O2. The first kappa shape index (κ1) is 10.7. The third kappa shape index (κ3) is 3.54. The normalized spacial score (nSPS) is 10.6. The molecule has 74 valence electrons. The fourth-order valence-corrected chi connectivity index (χ4v) is 1.02. The van der Waals surface area contributed by atoms with E-state index in [1.807, 2.05) is 37.3 Å². The molecule has 0 saturated carbocycles. The molecule has 0 amide bonds. The maximum atomic E-state index is 11.5. The summed E-state index contributed by atoms with van der Waals surface area (Å²) in [6.07, 6.45) is 3.77. The topological polar surface area (TPSA) is 26.3 Å². The zero-order valence-electron chi connectivity index (χ0n) is 8.27. The van der Waals surface area contributed by atoms with E-state index in [0.29, 0.717) is 12.2 Å². The van der Waals surface area contributed by atoms with Gasteiger partial charge in [0.2, 0.25) is 0 Å². The van der Waals surface area contributed by atoms with Crippen LogP contribution in [0.2, 0.25) is 0 Å². The zero-order chi connectivity index (χ0) is 10.2. The number of benzene rings is 1. The fourth-order valence-electron chi connectivity index (χ4n) is 1.02. The van der Waals surface area contributed by atoms with Gasteiger partial charge in [-0.3, -0.25) is 4.79 Å². The van der Waals surface area contributed by atoms with Gasteiger partial charge in [-0.05, 0) is 6.92 Å². The minimum atomic E-state index is 0.0232. The van der Waals surface area contributed by atoms with E-state index in [-0.39, 0.29) is 12.4 Å². The summed E-state index contributed by atoms with van der Waals surface area (Å²) in [6.45, 7) is 2.56. The number of hydrogen-bond acceptors (Lipinski definition) is 2. The highest BCUT2D eigenvalue weighted by molar-refractivity contribution is 5.96. The van der Waals surface area contributed by atoms with Gasteiger partial charge >= 0.3 is 0 Å². The van der Waals surface area contributed by atoms with Crippen LogP contribution in [0, 0.1) is 0 Å². The van der Waals surface area contributed by atoms with Crippen molar-refractivity contribution in [2.24, 2.45) is 0 Å². The van der Waals surface area contributed by atoms with E-state index in [2.05, 4.69) is 0 Å². The molecule has 0 aliphatic heterocycles. The molecule has 0 aliphatic carbocycles. The van der Waals surface area contributed by atoms with Crippen LogP contribution in [0.3, 0.4) is 0 Å². The Kier molecular flexibility index (Phi) is 4.65. The molecule has 0 aromatic heterocycles. The van der Waals surface area contributed by atoms with E-state index in [9.17, 15) is 4.79 Å². The van der Waals surface area contributed by atoms with Gasteiger partial charge in [0.05, 0.1) is 6.61 Å². The Bertz CT molecular complexity index is 301. The van der Waals surface area contributed by atoms with Crippen molar-refractivity contribution in [2.75, 3.05) is 13.2 Å². The molecular weight excluding hydrogens is 176 g/mol. The smallest absolute Gasteiger partial charge is 0.188 e. The predicted molar refractivity (Wildman–Crippen MR) is 56.4 cm³/mol. The van der Waals surface area contributed by atoms with E-state index in [0.717, 1.165) is 0 Å². The summed E-state index contributed by atoms with van der Waals surface area (Å²) in [5.41, 5.74) is 0.702. The predicted octanol–water partition coefficient (Wildman–Crippen LogP) is 2.46. The molecule has 1 rings (SSSR count). The Morgan fingerprint density at radius 2 is 2.07 bits per heavy atom. The summed E-state index contributed by atoms with van der Waals surface area (Å²) in [4.78, 5) is 11.5. The highest BCUT2D eigenvalue weighted by Gasteiger charge is 2.03. The molecule has 0 N–H and O–H groups in total. The average Bonchev–Trinajstić information content (AvgIpc) is 2.25. The lowest BCUT2D eigenvalue weighted by molar-refractivity contribution is 0.0806. The molecule has 0 heterocycles. The Morgan fingerprint density at radius 3 is 2.71 bits per heavy atom. The second kappa shape index (κ2) is 6.11. The van der Waals surface area contributed by atoms with Crippen LogP contribution in [0.5, 0.6) is 0 Å². The summed E-state index contributed by atoms with van der Waals surface area (Å²) in [6, 6.07) is 9.17. The largest absolute Gasteiger partial charge is 0.369 e. The Hall–Kier alpha value is -1.41. The Labute approximate surface area is 84.2 Å². The van der Waals surface area contributed by atoms with Crippen molar-refractivity contribution in [1.82, 2.24) is 0 Å². The molecule has 0 fully saturated rings. The van der Waals surface area contributed by atoms with Crippen LogP contribution in [0.15, 0.2) is 42.5 Å². The second-order valence-electron chi connectivity index (χ2n) is 2.87. The van der Waals surface area contributed by atoms with E-state index in [4.69, 9.17) is 4.74 Å². The van der Waals surface area contributed by atoms with Crippen molar-refractivity contribution in [3.8, 4) is 0 Å². The zero-order valence-corrected chi connectivity index (χ0v) is 8.27. The molecule has 0 radical (unpaired) electrons. The third-order valence-electron chi connectivity index (χ3n) is 1.78. The first-order chi connectivity index (χ1) is 6.84. The highest BCUT2D eigenvalue weighted by Crippen LogP contribution is 1.99. The van der Waals surface area contributed by atoms with Gasteiger partial charge in [0, 0.05) is 5.56 Å². The average molecular weight is 190 g/mol. The van der Waals surface area contributed by atoms with Crippen molar-refractivity contribution in [2.45, 2.75) is 6.92 Å². The van der Waals surface area contributed by atoms with Gasteiger partial charge < -0.3 is 4.74 Å². The lowest BCUT2D eigenvalue weighted by Gasteiger charge is -2.00. The number of rotatable bonds is 5. The summed E-state index contributed by atoms with van der Waals surface area (Å²) >= 11 is 0. The van der Waals surface area contributed by atoms with Gasteiger partial charge in [0.25, 0.3) is 0 Å². The number of carbonyl (C=O) groups excluding carboxylic acids is 1. The molecule has 0 spiro atoms. The summed E-state index contributed by atoms with van der Waals surface area (Å²) < 4.78 is 5.15. The van der Waals surface area contributed by atoms with Gasteiger partial charge in [0.1, 0.15) is 6.61 Å². The molecule has 2 nitrogen and oxygen atoms in total. The first-order valence-corrected chi connectivity index (χ1v) is 4.61. The molecule has 0 saturated heterocycles. The monoisotopic (exact) mass is 190 g/mol. The number of hydrogen-bond donors (Lipinski definition) is 0. The van der Waals surface area contributed by atoms with Gasteiger partial charge in [0.15, 0.2) is 5.78 Å². The summed E-state index contributed by atoms with van der Waals surface area (Å²) in [5.74, 6) is 0.0232. The molecule has 1 aromatic rings. The van der Waals surface area contributed by atoms with Crippen molar-refractivity contribution in [1.29, 1.82) is 0 Å². The van der Waals surface area contributed by atoms with Crippen LogP contribution in [0.4, 0.5) is 0 Å². The third-order valence-corrected chi connectivity index (χ3v) is 1.78. The first-order valence-electron chi connectivity index (χ1n) is 4.61. The van der Waals surface area contributed by atoms with Crippen molar-refractivity contribution < 1.29 is 9.53 Å². The number of carbonyl (C=O) groups is 1. The highest BCUT2D eigenvalue weighted by atomic mass is 16.5. The van der Waals surface area contributed by atoms with Crippen LogP contribution < -0.4 is 0 Å². The van der Waals surface area contributed by atoms with Crippen molar-refractivity contribution in [3.63, 3.8) is 0 Å². The summed E-state index contributed by atoms with van der Waals surface area (Å²) in [7, 11) is 0. The van der Waals surface area contributed by atoms with Crippen LogP contribution >= 0.6 is 0 Å². The van der Waals surface area contributed by atoms with E-state index in [1.165, 1.54) is 0 Å². The second-order valence-corrected chi connectivity index (χ2v) is 2.87. The number of Topliss-reactive ketones (excluding diaryl/α,β-unsaturated/α-hetero) is 1. The van der Waals surface area contributed by atoms with Crippen molar-refractivity contribution in [3.05, 3.63) is 48.0 Å². The minimum absolute atomic E-state index is 0.0232.